The molecule has 1 aromatic rings. The van der Waals surface area contributed by atoms with Gasteiger partial charge in [-0.2, -0.15) is 0 Å². The van der Waals surface area contributed by atoms with Crippen molar-refractivity contribution < 1.29 is 0 Å². The van der Waals surface area contributed by atoms with Crippen LogP contribution in [0.2, 0.25) is 0 Å². The zero-order valence-corrected chi connectivity index (χ0v) is 13.5. The van der Waals surface area contributed by atoms with Crippen LogP contribution in [0.25, 0.3) is 0 Å². The van der Waals surface area contributed by atoms with E-state index in [0.717, 1.165) is 31.5 Å². The Balaban J connectivity index is 3.25. The third-order valence-electron chi connectivity index (χ3n) is 4.14. The van der Waals surface area contributed by atoms with Crippen LogP contribution in [0.4, 0.5) is 0 Å². The fourth-order valence-electron chi connectivity index (χ4n) is 3.27. The van der Waals surface area contributed by atoms with Crippen LogP contribution < -0.4 is 5.73 Å². The number of nitrogens with two attached hydrogens (primary N) is 1. The van der Waals surface area contributed by atoms with Crippen molar-refractivity contribution in [2.75, 3.05) is 13.1 Å². The molecule has 0 fully saturated rings. The Labute approximate surface area is 124 Å². The predicted octanol–water partition coefficient (Wildman–Crippen LogP) is 3.93. The minimum atomic E-state index is -0.367. The summed E-state index contributed by atoms with van der Waals surface area (Å²) in [6, 6.07) is 10.8. The van der Waals surface area contributed by atoms with E-state index in [1.165, 1.54) is 5.56 Å². The lowest BCUT2D eigenvalue weighted by Gasteiger charge is -2.44. The van der Waals surface area contributed by atoms with Gasteiger partial charge < -0.3 is 5.73 Å². The minimum Gasteiger partial charge on any atom is -0.320 e. The van der Waals surface area contributed by atoms with Crippen LogP contribution in [0, 0.1) is 0 Å². The van der Waals surface area contributed by atoms with Crippen molar-refractivity contribution in [1.82, 2.24) is 4.90 Å². The van der Waals surface area contributed by atoms with Crippen molar-refractivity contribution in [3.63, 3.8) is 0 Å². The zero-order chi connectivity index (χ0) is 15.2. The maximum absolute atomic E-state index is 6.92. The maximum Gasteiger partial charge on any atom is 0.0604 e. The van der Waals surface area contributed by atoms with E-state index in [9.17, 15) is 0 Å². The first kappa shape index (κ1) is 16.9. The molecule has 0 saturated carbocycles. The number of hydrogen-bond acceptors (Lipinski definition) is 2. The van der Waals surface area contributed by atoms with Gasteiger partial charge in [-0.05, 0) is 38.4 Å². The van der Waals surface area contributed by atoms with Gasteiger partial charge in [-0.15, -0.1) is 6.58 Å². The van der Waals surface area contributed by atoms with Crippen LogP contribution >= 0.6 is 0 Å². The van der Waals surface area contributed by atoms with Crippen molar-refractivity contribution in [3.05, 3.63) is 48.0 Å². The van der Waals surface area contributed by atoms with E-state index in [1.807, 2.05) is 6.07 Å². The molecule has 0 radical (unpaired) electrons. The average Bonchev–Trinajstić information content (AvgIpc) is 2.44. The lowest BCUT2D eigenvalue weighted by molar-refractivity contribution is 0.124. The van der Waals surface area contributed by atoms with Crippen molar-refractivity contribution in [2.45, 2.75) is 52.1 Å². The molecule has 0 aliphatic carbocycles. The van der Waals surface area contributed by atoms with E-state index in [0.29, 0.717) is 6.04 Å². The molecule has 2 atom stereocenters. The first-order chi connectivity index (χ1) is 9.49. The smallest absolute Gasteiger partial charge is 0.0604 e. The first-order valence-corrected chi connectivity index (χ1v) is 7.72. The van der Waals surface area contributed by atoms with Crippen molar-refractivity contribution in [1.29, 1.82) is 0 Å². The third kappa shape index (κ3) is 3.71. The normalized spacial score (nSPS) is 15.9. The van der Waals surface area contributed by atoms with Crippen LogP contribution in [-0.2, 0) is 5.54 Å². The summed E-state index contributed by atoms with van der Waals surface area (Å²) in [5, 5.41) is 0. The van der Waals surface area contributed by atoms with E-state index in [-0.39, 0.29) is 5.54 Å². The largest absolute Gasteiger partial charge is 0.320 e. The van der Waals surface area contributed by atoms with Gasteiger partial charge in [-0.1, -0.05) is 56.7 Å². The summed E-state index contributed by atoms with van der Waals surface area (Å²) >= 11 is 0. The molecule has 2 heteroatoms. The van der Waals surface area contributed by atoms with Crippen molar-refractivity contribution in [2.24, 2.45) is 5.73 Å². The summed E-state index contributed by atoms with van der Waals surface area (Å²) in [5.41, 5.74) is 8.91. The molecule has 0 bridgehead atoms. The van der Waals surface area contributed by atoms with Crippen molar-refractivity contribution in [3.8, 4) is 0 Å². The number of likely N-dealkylation sites (N-methyl/N-ethyl adjacent to an activating group) is 1. The van der Waals surface area contributed by atoms with E-state index >= 15 is 0 Å². The molecule has 20 heavy (non-hydrogen) atoms. The highest BCUT2D eigenvalue weighted by Crippen LogP contribution is 2.33. The summed E-state index contributed by atoms with van der Waals surface area (Å²) in [5.74, 6) is 0. The Hall–Kier alpha value is -1.12. The van der Waals surface area contributed by atoms with Gasteiger partial charge in [-0.3, -0.25) is 4.90 Å². The molecule has 0 aromatic heterocycles. The minimum absolute atomic E-state index is 0.330. The summed E-state index contributed by atoms with van der Waals surface area (Å²) in [7, 11) is 0. The fraction of sp³-hybridized carbons (Fsp3) is 0.556. The lowest BCUT2D eigenvalue weighted by Crippen LogP contribution is -2.56. The highest BCUT2D eigenvalue weighted by atomic mass is 15.2. The Morgan fingerprint density at radius 1 is 1.20 bits per heavy atom. The third-order valence-corrected chi connectivity index (χ3v) is 4.14. The van der Waals surface area contributed by atoms with Crippen LogP contribution in [0.1, 0.15) is 46.1 Å². The predicted molar refractivity (Wildman–Crippen MR) is 88.7 cm³/mol. The van der Waals surface area contributed by atoms with Crippen LogP contribution in [0.5, 0.6) is 0 Å². The molecule has 1 rings (SSSR count). The Kier molecular flexibility index (Phi) is 6.44. The second-order valence-corrected chi connectivity index (χ2v) is 5.69. The molecule has 0 spiro atoms. The van der Waals surface area contributed by atoms with Crippen molar-refractivity contribution >= 4 is 0 Å². The quantitative estimate of drug-likeness (QED) is 0.728. The Morgan fingerprint density at radius 3 is 2.15 bits per heavy atom. The summed E-state index contributed by atoms with van der Waals surface area (Å²) in [6.45, 7) is 14.9. The number of rotatable bonds is 8. The topological polar surface area (TPSA) is 29.3 Å². The second kappa shape index (κ2) is 7.61. The number of hydrogen-bond donors (Lipinski definition) is 1. The highest BCUT2D eigenvalue weighted by molar-refractivity contribution is 5.28. The number of benzene rings is 1. The van der Waals surface area contributed by atoms with E-state index in [2.05, 4.69) is 63.4 Å². The van der Waals surface area contributed by atoms with E-state index < -0.39 is 0 Å². The summed E-state index contributed by atoms with van der Waals surface area (Å²) in [4.78, 5) is 2.47. The van der Waals surface area contributed by atoms with Gasteiger partial charge in [-0.25, -0.2) is 0 Å². The molecule has 2 unspecified atom stereocenters. The molecular formula is C18H30N2. The monoisotopic (exact) mass is 274 g/mol. The summed E-state index contributed by atoms with van der Waals surface area (Å²) < 4.78 is 0. The zero-order valence-electron chi connectivity index (χ0n) is 13.5. The van der Waals surface area contributed by atoms with Gasteiger partial charge in [0.05, 0.1) is 5.54 Å². The van der Waals surface area contributed by atoms with Gasteiger partial charge in [0.25, 0.3) is 0 Å². The molecule has 0 aliphatic heterocycles. The molecule has 0 amide bonds. The van der Waals surface area contributed by atoms with Gasteiger partial charge in [0.2, 0.25) is 0 Å². The number of nitrogens with zero attached hydrogens (tertiary/aromatic N) is 1. The van der Waals surface area contributed by atoms with Crippen LogP contribution in [0.3, 0.4) is 0 Å². The lowest BCUT2D eigenvalue weighted by atomic mass is 9.77. The standard InChI is InChI=1S/C18H30N2/c1-6-17(20(7-2)8-3)18(19,14-15(4)5)16-12-10-9-11-13-16/h9-13,17H,4,6-8,14,19H2,1-3,5H3. The average molecular weight is 274 g/mol. The van der Waals surface area contributed by atoms with Crippen LogP contribution in [-0.4, -0.2) is 24.0 Å². The first-order valence-electron chi connectivity index (χ1n) is 7.72. The van der Waals surface area contributed by atoms with Gasteiger partial charge in [0.1, 0.15) is 0 Å². The molecule has 1 aromatic carbocycles. The highest BCUT2D eigenvalue weighted by Gasteiger charge is 2.38. The summed E-state index contributed by atoms with van der Waals surface area (Å²) in [6.07, 6.45) is 1.87. The molecule has 2 nitrogen and oxygen atoms in total. The van der Waals surface area contributed by atoms with E-state index in [1.54, 1.807) is 0 Å². The molecule has 0 aliphatic rings. The fourth-order valence-corrected chi connectivity index (χ4v) is 3.27. The molecule has 0 heterocycles. The van der Waals surface area contributed by atoms with Gasteiger partial charge in [0.15, 0.2) is 0 Å². The second-order valence-electron chi connectivity index (χ2n) is 5.69. The molecule has 112 valence electrons. The Morgan fingerprint density at radius 2 is 1.75 bits per heavy atom. The molecule has 0 saturated heterocycles. The molecule has 2 N–H and O–H groups in total. The van der Waals surface area contributed by atoms with Gasteiger partial charge in [0, 0.05) is 6.04 Å². The molecular weight excluding hydrogens is 244 g/mol. The van der Waals surface area contributed by atoms with Gasteiger partial charge >= 0.3 is 0 Å². The maximum atomic E-state index is 6.92. The SMILES string of the molecule is C=C(C)CC(N)(c1ccccc1)C(CC)N(CC)CC. The van der Waals surface area contributed by atoms with E-state index in [4.69, 9.17) is 5.73 Å². The van der Waals surface area contributed by atoms with Crippen LogP contribution in [0.15, 0.2) is 42.5 Å². The Bertz CT molecular complexity index is 409.